The summed E-state index contributed by atoms with van der Waals surface area (Å²) in [4.78, 5) is 12.5. The molecular weight excluding hydrogens is 318 g/mol. The van der Waals surface area contributed by atoms with Crippen molar-refractivity contribution in [2.45, 2.75) is 52.0 Å². The maximum Gasteiger partial charge on any atom is 0.387 e. The fourth-order valence-corrected chi connectivity index (χ4v) is 3.01. The van der Waals surface area contributed by atoms with Gasteiger partial charge in [0.25, 0.3) is 0 Å². The minimum atomic E-state index is -2.92. The monoisotopic (exact) mass is 342 g/mol. The summed E-state index contributed by atoms with van der Waals surface area (Å²) in [6.07, 6.45) is 0.349. The van der Waals surface area contributed by atoms with Gasteiger partial charge in [-0.1, -0.05) is 32.0 Å². The maximum absolute atomic E-state index is 12.5. The molecule has 2 atom stereocenters. The normalized spacial score (nSPS) is 25.2. The van der Waals surface area contributed by atoms with E-state index in [1.807, 2.05) is 20.8 Å². The van der Waals surface area contributed by atoms with Gasteiger partial charge in [0.15, 0.2) is 0 Å². The number of carbonyl (C=O) groups is 1. The van der Waals surface area contributed by atoms with E-state index in [2.05, 4.69) is 10.1 Å². The molecule has 3 N–H and O–H groups in total. The van der Waals surface area contributed by atoms with Gasteiger partial charge < -0.3 is 20.5 Å². The second kappa shape index (κ2) is 7.03. The number of nitrogens with one attached hydrogen (secondary N) is 1. The molecule has 0 aliphatic heterocycles. The molecule has 0 spiro atoms. The van der Waals surface area contributed by atoms with Crippen molar-refractivity contribution in [2.24, 2.45) is 11.1 Å². The van der Waals surface area contributed by atoms with E-state index in [-0.39, 0.29) is 24.3 Å². The van der Waals surface area contributed by atoms with Gasteiger partial charge in [-0.2, -0.15) is 8.78 Å². The Bertz CT molecular complexity index is 595. The van der Waals surface area contributed by atoms with Crippen LogP contribution in [0.1, 0.15) is 32.8 Å². The Hall–Kier alpha value is -1.73. The third-order valence-electron chi connectivity index (χ3n) is 4.86. The van der Waals surface area contributed by atoms with Crippen LogP contribution in [0.2, 0.25) is 0 Å². The summed E-state index contributed by atoms with van der Waals surface area (Å²) in [6.45, 7) is 3.39. The van der Waals surface area contributed by atoms with Gasteiger partial charge in [-0.05, 0) is 13.0 Å². The van der Waals surface area contributed by atoms with Crippen molar-refractivity contribution in [2.75, 3.05) is 6.61 Å². The van der Waals surface area contributed by atoms with E-state index in [0.29, 0.717) is 18.6 Å². The van der Waals surface area contributed by atoms with Crippen molar-refractivity contribution in [3.63, 3.8) is 0 Å². The quantitative estimate of drug-likeness (QED) is 0.798. The highest BCUT2D eigenvalue weighted by atomic mass is 19.3. The van der Waals surface area contributed by atoms with Crippen LogP contribution in [0.5, 0.6) is 5.75 Å². The Labute approximate surface area is 140 Å². The lowest BCUT2D eigenvalue weighted by Crippen LogP contribution is -2.75. The Morgan fingerprint density at radius 3 is 2.67 bits per heavy atom. The number of hydrogen-bond donors (Lipinski definition) is 2. The number of amides is 1. The molecule has 5 nitrogen and oxygen atoms in total. The number of hydrogen-bond acceptors (Lipinski definition) is 4. The molecule has 134 valence electrons. The van der Waals surface area contributed by atoms with Gasteiger partial charge in [0.1, 0.15) is 11.3 Å². The van der Waals surface area contributed by atoms with Gasteiger partial charge in [-0.15, -0.1) is 0 Å². The average molecular weight is 342 g/mol. The van der Waals surface area contributed by atoms with Gasteiger partial charge in [0.05, 0.1) is 6.10 Å². The number of nitrogens with two attached hydrogens (primary N) is 1. The molecule has 1 saturated carbocycles. The number of alkyl halides is 2. The van der Waals surface area contributed by atoms with Crippen LogP contribution < -0.4 is 15.8 Å². The largest absolute Gasteiger partial charge is 0.434 e. The van der Waals surface area contributed by atoms with E-state index < -0.39 is 17.6 Å². The summed E-state index contributed by atoms with van der Waals surface area (Å²) in [7, 11) is 0. The summed E-state index contributed by atoms with van der Waals surface area (Å²) in [5.41, 5.74) is 5.19. The van der Waals surface area contributed by atoms with Crippen molar-refractivity contribution in [1.29, 1.82) is 0 Å². The molecule has 24 heavy (non-hydrogen) atoms. The highest BCUT2D eigenvalue weighted by molar-refractivity contribution is 5.88. The summed E-state index contributed by atoms with van der Waals surface area (Å²) in [5, 5.41) is 2.73. The number of rotatable bonds is 7. The predicted molar refractivity (Wildman–Crippen MR) is 85.7 cm³/mol. The summed E-state index contributed by atoms with van der Waals surface area (Å²) < 4.78 is 34.9. The molecule has 0 bridgehead atoms. The standard InChI is InChI=1S/C17H24F2N2O3/c1-4-23-13-9-17(20,16(13,2)3)14(22)21-10-11-7-5-6-8-12(11)24-15(18)19/h5-8,13,15H,4,9-10,20H2,1-3H3,(H,21,22). The van der Waals surface area contributed by atoms with E-state index >= 15 is 0 Å². The first-order chi connectivity index (χ1) is 11.2. The Balaban J connectivity index is 2.02. The summed E-state index contributed by atoms with van der Waals surface area (Å²) in [5.74, 6) is -0.283. The van der Waals surface area contributed by atoms with Crippen LogP contribution in [0.25, 0.3) is 0 Å². The van der Waals surface area contributed by atoms with Crippen LogP contribution in [-0.2, 0) is 16.1 Å². The molecule has 0 heterocycles. The molecule has 1 fully saturated rings. The molecule has 0 saturated heterocycles. The molecule has 2 rings (SSSR count). The number of benzene rings is 1. The molecule has 1 aromatic rings. The Morgan fingerprint density at radius 2 is 2.08 bits per heavy atom. The smallest absolute Gasteiger partial charge is 0.387 e. The Kier molecular flexibility index (Phi) is 5.45. The van der Waals surface area contributed by atoms with Crippen molar-refractivity contribution in [3.8, 4) is 5.75 Å². The van der Waals surface area contributed by atoms with Gasteiger partial charge in [0, 0.05) is 30.6 Å². The maximum atomic E-state index is 12.5. The van der Waals surface area contributed by atoms with E-state index in [1.165, 1.54) is 6.07 Å². The second-order valence-corrected chi connectivity index (χ2v) is 6.51. The van der Waals surface area contributed by atoms with Crippen LogP contribution in [0.4, 0.5) is 8.78 Å². The van der Waals surface area contributed by atoms with Crippen LogP contribution in [0, 0.1) is 5.41 Å². The van der Waals surface area contributed by atoms with E-state index in [0.717, 1.165) is 0 Å². The van der Waals surface area contributed by atoms with E-state index in [1.54, 1.807) is 18.2 Å². The highest BCUT2D eigenvalue weighted by Crippen LogP contribution is 2.49. The molecule has 1 aliphatic rings. The average Bonchev–Trinajstić information content (AvgIpc) is 2.52. The number of carbonyl (C=O) groups excluding carboxylic acids is 1. The second-order valence-electron chi connectivity index (χ2n) is 6.51. The first kappa shape index (κ1) is 18.6. The van der Waals surface area contributed by atoms with Crippen LogP contribution in [0.3, 0.4) is 0 Å². The zero-order chi connectivity index (χ0) is 18.0. The third kappa shape index (κ3) is 3.37. The van der Waals surface area contributed by atoms with Crippen molar-refractivity contribution in [3.05, 3.63) is 29.8 Å². The van der Waals surface area contributed by atoms with Gasteiger partial charge >= 0.3 is 6.61 Å². The highest BCUT2D eigenvalue weighted by Gasteiger charge is 2.62. The fourth-order valence-electron chi connectivity index (χ4n) is 3.01. The molecule has 1 aromatic carbocycles. The summed E-state index contributed by atoms with van der Waals surface area (Å²) in [6, 6.07) is 6.34. The SMILES string of the molecule is CCOC1CC(N)(C(=O)NCc2ccccc2OC(F)F)C1(C)C. The van der Waals surface area contributed by atoms with Gasteiger partial charge in [0.2, 0.25) is 5.91 Å². The zero-order valence-electron chi connectivity index (χ0n) is 14.1. The zero-order valence-corrected chi connectivity index (χ0v) is 14.1. The lowest BCUT2D eigenvalue weighted by molar-refractivity contribution is -0.170. The molecular formula is C17H24F2N2O3. The van der Waals surface area contributed by atoms with Crippen LogP contribution in [0.15, 0.2) is 24.3 Å². The fraction of sp³-hybridized carbons (Fsp3) is 0.588. The van der Waals surface area contributed by atoms with E-state index in [4.69, 9.17) is 10.5 Å². The molecule has 2 unspecified atom stereocenters. The molecule has 0 radical (unpaired) electrons. The van der Waals surface area contributed by atoms with E-state index in [9.17, 15) is 13.6 Å². The number of para-hydroxylation sites is 1. The van der Waals surface area contributed by atoms with Crippen molar-refractivity contribution in [1.82, 2.24) is 5.32 Å². The minimum Gasteiger partial charge on any atom is -0.434 e. The molecule has 1 amide bonds. The molecule has 1 aliphatic carbocycles. The minimum absolute atomic E-state index is 0.0407. The number of halogens is 2. The van der Waals surface area contributed by atoms with Crippen molar-refractivity contribution < 1.29 is 23.0 Å². The third-order valence-corrected chi connectivity index (χ3v) is 4.86. The molecule has 7 heteroatoms. The van der Waals surface area contributed by atoms with Gasteiger partial charge in [-0.25, -0.2) is 0 Å². The topological polar surface area (TPSA) is 73.6 Å². The Morgan fingerprint density at radius 1 is 1.42 bits per heavy atom. The first-order valence-electron chi connectivity index (χ1n) is 7.94. The molecule has 0 aromatic heterocycles. The number of ether oxygens (including phenoxy) is 2. The lowest BCUT2D eigenvalue weighted by atomic mass is 9.54. The first-order valence-corrected chi connectivity index (χ1v) is 7.94. The van der Waals surface area contributed by atoms with Crippen LogP contribution >= 0.6 is 0 Å². The van der Waals surface area contributed by atoms with Crippen LogP contribution in [-0.4, -0.2) is 30.8 Å². The lowest BCUT2D eigenvalue weighted by Gasteiger charge is -2.57. The van der Waals surface area contributed by atoms with Crippen molar-refractivity contribution >= 4 is 5.91 Å². The van der Waals surface area contributed by atoms with Gasteiger partial charge in [-0.3, -0.25) is 4.79 Å². The predicted octanol–water partition coefficient (Wildman–Crippen LogP) is 2.44. The summed E-state index contributed by atoms with van der Waals surface area (Å²) >= 11 is 0.